The summed E-state index contributed by atoms with van der Waals surface area (Å²) in [4.78, 5) is 12.2. The maximum atomic E-state index is 12.2. The summed E-state index contributed by atoms with van der Waals surface area (Å²) in [6.45, 7) is 5.67. The van der Waals surface area contributed by atoms with Gasteiger partial charge in [0.05, 0.1) is 11.7 Å². The topological polar surface area (TPSA) is 66.5 Å². The van der Waals surface area contributed by atoms with Gasteiger partial charge in [-0.3, -0.25) is 4.79 Å². The van der Waals surface area contributed by atoms with Crippen LogP contribution in [0, 0.1) is 5.92 Å². The van der Waals surface area contributed by atoms with Gasteiger partial charge in [-0.05, 0) is 25.7 Å². The van der Waals surface area contributed by atoms with Crippen molar-refractivity contribution >= 4 is 15.9 Å². The van der Waals surface area contributed by atoms with Gasteiger partial charge >= 0.3 is 0 Å². The van der Waals surface area contributed by atoms with Crippen molar-refractivity contribution in [1.82, 2.24) is 9.62 Å². The smallest absolute Gasteiger partial charge is 0.224 e. The Labute approximate surface area is 135 Å². The lowest BCUT2D eigenvalue weighted by atomic mass is 9.99. The number of hydrogen-bond donors (Lipinski definition) is 1. The Kier molecular flexibility index (Phi) is 9.02. The van der Waals surface area contributed by atoms with E-state index in [1.165, 1.54) is 23.6 Å². The largest absolute Gasteiger partial charge is 0.356 e. The average Bonchev–Trinajstić information content (AvgIpc) is 2.50. The van der Waals surface area contributed by atoms with Crippen molar-refractivity contribution in [1.29, 1.82) is 0 Å². The van der Waals surface area contributed by atoms with E-state index in [1.54, 1.807) is 0 Å². The van der Waals surface area contributed by atoms with E-state index >= 15 is 0 Å². The fourth-order valence-corrected chi connectivity index (χ4v) is 4.47. The minimum atomic E-state index is -3.18. The SMILES string of the molecule is CCCCCCCNC(=O)C1CCCN(S(=O)(=O)CCC)C1. The fourth-order valence-electron chi connectivity index (χ4n) is 2.88. The van der Waals surface area contributed by atoms with Crippen LogP contribution in [0.2, 0.25) is 0 Å². The van der Waals surface area contributed by atoms with E-state index in [-0.39, 0.29) is 17.6 Å². The van der Waals surface area contributed by atoms with Crippen molar-refractivity contribution < 1.29 is 13.2 Å². The highest BCUT2D eigenvalue weighted by molar-refractivity contribution is 7.89. The number of piperidine rings is 1. The van der Waals surface area contributed by atoms with Crippen LogP contribution < -0.4 is 5.32 Å². The van der Waals surface area contributed by atoms with Gasteiger partial charge in [0.2, 0.25) is 15.9 Å². The number of amides is 1. The molecule has 5 nitrogen and oxygen atoms in total. The van der Waals surface area contributed by atoms with Gasteiger partial charge < -0.3 is 5.32 Å². The molecule has 0 bridgehead atoms. The zero-order valence-electron chi connectivity index (χ0n) is 14.1. The van der Waals surface area contributed by atoms with Gasteiger partial charge in [-0.25, -0.2) is 12.7 Å². The summed E-state index contributed by atoms with van der Waals surface area (Å²) in [5, 5.41) is 2.97. The number of sulfonamides is 1. The summed E-state index contributed by atoms with van der Waals surface area (Å²) >= 11 is 0. The van der Waals surface area contributed by atoms with E-state index < -0.39 is 10.0 Å². The molecule has 130 valence electrons. The molecule has 0 radical (unpaired) electrons. The van der Waals surface area contributed by atoms with Crippen molar-refractivity contribution in [2.45, 2.75) is 65.2 Å². The van der Waals surface area contributed by atoms with Gasteiger partial charge in [-0.15, -0.1) is 0 Å². The lowest BCUT2D eigenvalue weighted by molar-refractivity contribution is -0.126. The fraction of sp³-hybridized carbons (Fsp3) is 0.938. The van der Waals surface area contributed by atoms with Gasteiger partial charge in [0.15, 0.2) is 0 Å². The van der Waals surface area contributed by atoms with Crippen LogP contribution in [0.25, 0.3) is 0 Å². The Bertz CT molecular complexity index is 423. The molecule has 1 heterocycles. The van der Waals surface area contributed by atoms with Crippen molar-refractivity contribution in [3.05, 3.63) is 0 Å². The van der Waals surface area contributed by atoms with Gasteiger partial charge in [0.1, 0.15) is 0 Å². The summed E-state index contributed by atoms with van der Waals surface area (Å²) in [7, 11) is -3.18. The van der Waals surface area contributed by atoms with E-state index in [0.717, 1.165) is 25.7 Å². The number of carbonyl (C=O) groups is 1. The molecule has 1 rings (SSSR count). The molecule has 1 atom stereocenters. The van der Waals surface area contributed by atoms with Crippen molar-refractivity contribution in [2.24, 2.45) is 5.92 Å². The first-order valence-corrected chi connectivity index (χ1v) is 10.4. The maximum absolute atomic E-state index is 12.2. The minimum absolute atomic E-state index is 0.0203. The quantitative estimate of drug-likeness (QED) is 0.625. The van der Waals surface area contributed by atoms with Crippen LogP contribution in [0.15, 0.2) is 0 Å². The number of carbonyl (C=O) groups excluding carboxylic acids is 1. The van der Waals surface area contributed by atoms with Crippen LogP contribution in [0.3, 0.4) is 0 Å². The second-order valence-electron chi connectivity index (χ2n) is 6.22. The molecule has 1 fully saturated rings. The Hall–Kier alpha value is -0.620. The molecule has 0 aliphatic carbocycles. The van der Waals surface area contributed by atoms with Crippen LogP contribution in [-0.2, 0) is 14.8 Å². The Morgan fingerprint density at radius 2 is 1.86 bits per heavy atom. The molecule has 0 aromatic rings. The monoisotopic (exact) mass is 332 g/mol. The van der Waals surface area contributed by atoms with E-state index in [0.29, 0.717) is 26.1 Å². The van der Waals surface area contributed by atoms with Crippen LogP contribution in [0.5, 0.6) is 0 Å². The van der Waals surface area contributed by atoms with Crippen LogP contribution >= 0.6 is 0 Å². The highest BCUT2D eigenvalue weighted by Crippen LogP contribution is 2.20. The normalized spacial score (nSPS) is 20.0. The molecule has 1 unspecified atom stereocenters. The van der Waals surface area contributed by atoms with E-state index in [4.69, 9.17) is 0 Å². The van der Waals surface area contributed by atoms with Crippen LogP contribution in [-0.4, -0.2) is 44.0 Å². The number of nitrogens with zero attached hydrogens (tertiary/aromatic N) is 1. The zero-order valence-corrected chi connectivity index (χ0v) is 15.0. The number of unbranched alkanes of at least 4 members (excludes halogenated alkanes) is 4. The highest BCUT2D eigenvalue weighted by Gasteiger charge is 2.31. The maximum Gasteiger partial charge on any atom is 0.224 e. The molecule has 0 saturated carbocycles. The van der Waals surface area contributed by atoms with E-state index in [2.05, 4.69) is 12.2 Å². The molecule has 1 aliphatic heterocycles. The molecule has 6 heteroatoms. The first kappa shape index (κ1) is 19.4. The third-order valence-electron chi connectivity index (χ3n) is 4.19. The second-order valence-corrected chi connectivity index (χ2v) is 8.31. The van der Waals surface area contributed by atoms with Gasteiger partial charge in [-0.1, -0.05) is 39.5 Å². The average molecular weight is 333 g/mol. The first-order valence-electron chi connectivity index (χ1n) is 8.76. The molecule has 0 aromatic carbocycles. The van der Waals surface area contributed by atoms with Gasteiger partial charge in [-0.2, -0.15) is 0 Å². The molecule has 1 N–H and O–H groups in total. The molecule has 1 aliphatic rings. The number of rotatable bonds is 10. The van der Waals surface area contributed by atoms with E-state index in [1.807, 2.05) is 6.92 Å². The lowest BCUT2D eigenvalue weighted by Gasteiger charge is -2.31. The number of hydrogen-bond acceptors (Lipinski definition) is 3. The van der Waals surface area contributed by atoms with Crippen molar-refractivity contribution in [2.75, 3.05) is 25.4 Å². The Balaban J connectivity index is 2.33. The van der Waals surface area contributed by atoms with Crippen molar-refractivity contribution in [3.63, 3.8) is 0 Å². The second kappa shape index (κ2) is 10.2. The summed E-state index contributed by atoms with van der Waals surface area (Å²) in [5.41, 5.74) is 0. The molecular formula is C16H32N2O3S. The molecule has 0 spiro atoms. The Morgan fingerprint density at radius 1 is 1.14 bits per heavy atom. The van der Waals surface area contributed by atoms with Crippen LogP contribution in [0.4, 0.5) is 0 Å². The molecule has 0 aromatic heterocycles. The third-order valence-corrected chi connectivity index (χ3v) is 6.23. The molecule has 1 amide bonds. The molecule has 1 saturated heterocycles. The summed E-state index contributed by atoms with van der Waals surface area (Å²) in [6.07, 6.45) is 8.03. The lowest BCUT2D eigenvalue weighted by Crippen LogP contribution is -2.46. The summed E-state index contributed by atoms with van der Waals surface area (Å²) in [6, 6.07) is 0. The predicted molar refractivity (Wildman–Crippen MR) is 90.1 cm³/mol. The van der Waals surface area contributed by atoms with Crippen molar-refractivity contribution in [3.8, 4) is 0 Å². The highest BCUT2D eigenvalue weighted by atomic mass is 32.2. The van der Waals surface area contributed by atoms with Gasteiger partial charge in [0.25, 0.3) is 0 Å². The summed E-state index contributed by atoms with van der Waals surface area (Å²) in [5.74, 6) is 0.0154. The predicted octanol–water partition coefficient (Wildman–Crippen LogP) is 2.52. The zero-order chi connectivity index (χ0) is 16.4. The Morgan fingerprint density at radius 3 is 2.55 bits per heavy atom. The van der Waals surface area contributed by atoms with E-state index in [9.17, 15) is 13.2 Å². The summed E-state index contributed by atoms with van der Waals surface area (Å²) < 4.78 is 25.7. The molecule has 22 heavy (non-hydrogen) atoms. The first-order chi connectivity index (χ1) is 10.5. The van der Waals surface area contributed by atoms with Crippen LogP contribution in [0.1, 0.15) is 65.2 Å². The number of nitrogens with one attached hydrogen (secondary N) is 1. The standard InChI is InChI=1S/C16H32N2O3S/c1-3-5-6-7-8-11-17-16(19)15-10-9-12-18(14-15)22(20,21)13-4-2/h15H,3-14H2,1-2H3,(H,17,19). The van der Waals surface area contributed by atoms with Gasteiger partial charge in [0, 0.05) is 19.6 Å². The minimum Gasteiger partial charge on any atom is -0.356 e. The molecular weight excluding hydrogens is 300 g/mol. The third kappa shape index (κ3) is 6.65.